The van der Waals surface area contributed by atoms with Crippen molar-refractivity contribution in [1.29, 1.82) is 0 Å². The third kappa shape index (κ3) is 2.85. The van der Waals surface area contributed by atoms with Crippen LogP contribution >= 0.6 is 11.3 Å². The van der Waals surface area contributed by atoms with Crippen LogP contribution in [0.5, 0.6) is 0 Å². The van der Waals surface area contributed by atoms with Gasteiger partial charge in [-0.3, -0.25) is 4.79 Å². The van der Waals surface area contributed by atoms with Gasteiger partial charge in [-0.25, -0.2) is 4.98 Å². The molecule has 1 amide bonds. The first-order chi connectivity index (χ1) is 8.99. The number of primary amides is 1. The van der Waals surface area contributed by atoms with Gasteiger partial charge in [0.1, 0.15) is 0 Å². The molecular weight excluding hydrogens is 260 g/mol. The second-order valence-corrected chi connectivity index (χ2v) is 5.30. The van der Waals surface area contributed by atoms with Gasteiger partial charge in [0.05, 0.1) is 23.3 Å². The summed E-state index contributed by atoms with van der Waals surface area (Å²) >= 11 is 1.60. The average molecular weight is 276 g/mol. The van der Waals surface area contributed by atoms with Gasteiger partial charge in [0, 0.05) is 23.3 Å². The van der Waals surface area contributed by atoms with Crippen LogP contribution in [-0.4, -0.2) is 17.9 Å². The number of nitrogens with two attached hydrogens (primary N) is 2. The number of hydrogen-bond acceptors (Lipinski definition) is 5. The quantitative estimate of drug-likeness (QED) is 0.833. The molecule has 100 valence electrons. The predicted molar refractivity (Wildman–Crippen MR) is 78.3 cm³/mol. The number of amides is 1. The topological polar surface area (TPSA) is 85.2 Å². The zero-order valence-electron chi connectivity index (χ0n) is 10.9. The summed E-state index contributed by atoms with van der Waals surface area (Å²) in [6, 6.07) is 5.18. The van der Waals surface area contributed by atoms with E-state index in [1.165, 1.54) is 0 Å². The lowest BCUT2D eigenvalue weighted by molar-refractivity contribution is 0.100. The maximum Gasteiger partial charge on any atom is 0.250 e. The summed E-state index contributed by atoms with van der Waals surface area (Å²) in [5.74, 6) is -0.477. The van der Waals surface area contributed by atoms with E-state index >= 15 is 0 Å². The van der Waals surface area contributed by atoms with Crippen LogP contribution in [0.1, 0.15) is 20.9 Å². The molecule has 4 N–H and O–H groups in total. The van der Waals surface area contributed by atoms with Gasteiger partial charge in [-0.15, -0.1) is 11.3 Å². The highest BCUT2D eigenvalue weighted by molar-refractivity contribution is 7.09. The Bertz CT molecular complexity index is 608. The molecule has 1 aromatic carbocycles. The Morgan fingerprint density at radius 1 is 1.47 bits per heavy atom. The van der Waals surface area contributed by atoms with E-state index in [1.807, 2.05) is 30.4 Å². The lowest BCUT2D eigenvalue weighted by atomic mass is 10.1. The molecule has 2 aromatic rings. The first-order valence-electron chi connectivity index (χ1n) is 5.78. The van der Waals surface area contributed by atoms with Crippen molar-refractivity contribution in [2.45, 2.75) is 13.5 Å². The van der Waals surface area contributed by atoms with Crippen LogP contribution < -0.4 is 16.4 Å². The number of aryl methyl sites for hydroxylation is 1. The van der Waals surface area contributed by atoms with Gasteiger partial charge in [-0.05, 0) is 25.1 Å². The van der Waals surface area contributed by atoms with Crippen molar-refractivity contribution in [2.75, 3.05) is 17.7 Å². The van der Waals surface area contributed by atoms with Crippen LogP contribution in [0.4, 0.5) is 11.4 Å². The van der Waals surface area contributed by atoms with E-state index < -0.39 is 5.91 Å². The maximum absolute atomic E-state index is 11.5. The maximum atomic E-state index is 11.5. The fourth-order valence-electron chi connectivity index (χ4n) is 1.86. The van der Waals surface area contributed by atoms with Crippen LogP contribution in [0.3, 0.4) is 0 Å². The third-order valence-corrected chi connectivity index (χ3v) is 3.84. The molecule has 0 aliphatic heterocycles. The van der Waals surface area contributed by atoms with Gasteiger partial charge in [0.2, 0.25) is 0 Å². The van der Waals surface area contributed by atoms with Gasteiger partial charge in [0.25, 0.3) is 5.91 Å². The first-order valence-corrected chi connectivity index (χ1v) is 6.66. The van der Waals surface area contributed by atoms with E-state index in [1.54, 1.807) is 23.5 Å². The van der Waals surface area contributed by atoms with Crippen molar-refractivity contribution in [2.24, 2.45) is 5.73 Å². The highest BCUT2D eigenvalue weighted by Gasteiger charge is 2.14. The smallest absolute Gasteiger partial charge is 0.250 e. The molecule has 19 heavy (non-hydrogen) atoms. The van der Waals surface area contributed by atoms with E-state index in [0.29, 0.717) is 17.8 Å². The number of rotatable bonds is 4. The summed E-state index contributed by atoms with van der Waals surface area (Å²) in [5, 5.41) is 0. The fraction of sp³-hybridized carbons (Fsp3) is 0.231. The Kier molecular flexibility index (Phi) is 3.71. The Morgan fingerprint density at radius 2 is 2.21 bits per heavy atom. The monoisotopic (exact) mass is 276 g/mol. The second-order valence-electron chi connectivity index (χ2n) is 4.36. The minimum absolute atomic E-state index is 0.435. The molecule has 0 unspecified atom stereocenters. The van der Waals surface area contributed by atoms with Gasteiger partial charge >= 0.3 is 0 Å². The molecule has 0 atom stereocenters. The summed E-state index contributed by atoms with van der Waals surface area (Å²) in [7, 11) is 1.91. The van der Waals surface area contributed by atoms with E-state index in [9.17, 15) is 4.79 Å². The molecule has 2 rings (SSSR count). The third-order valence-electron chi connectivity index (χ3n) is 2.92. The Morgan fingerprint density at radius 3 is 2.79 bits per heavy atom. The van der Waals surface area contributed by atoms with Crippen LogP contribution in [0, 0.1) is 6.92 Å². The minimum Gasteiger partial charge on any atom is -0.399 e. The molecular formula is C13H16N4OS. The molecule has 0 bridgehead atoms. The number of anilines is 2. The van der Waals surface area contributed by atoms with E-state index in [-0.39, 0.29) is 0 Å². The van der Waals surface area contributed by atoms with Crippen LogP contribution in [0.25, 0.3) is 0 Å². The van der Waals surface area contributed by atoms with E-state index in [4.69, 9.17) is 11.5 Å². The molecule has 6 heteroatoms. The van der Waals surface area contributed by atoms with Crippen LogP contribution in [0.2, 0.25) is 0 Å². The number of hydrogen-bond donors (Lipinski definition) is 2. The van der Waals surface area contributed by atoms with Gasteiger partial charge in [-0.2, -0.15) is 0 Å². The minimum atomic E-state index is -0.477. The molecule has 5 nitrogen and oxygen atoms in total. The number of carbonyl (C=O) groups excluding carboxylic acids is 1. The van der Waals surface area contributed by atoms with Crippen LogP contribution in [-0.2, 0) is 6.54 Å². The number of benzene rings is 1. The summed E-state index contributed by atoms with van der Waals surface area (Å²) in [6.45, 7) is 2.65. The average Bonchev–Trinajstić information content (AvgIpc) is 2.74. The Balaban J connectivity index is 2.31. The largest absolute Gasteiger partial charge is 0.399 e. The fourth-order valence-corrected chi connectivity index (χ4v) is 2.69. The first kappa shape index (κ1) is 13.4. The van der Waals surface area contributed by atoms with Crippen molar-refractivity contribution in [3.05, 3.63) is 39.8 Å². The normalized spacial score (nSPS) is 10.4. The molecule has 0 saturated heterocycles. The number of carbonyl (C=O) groups is 1. The van der Waals surface area contributed by atoms with Gasteiger partial charge in [-0.1, -0.05) is 0 Å². The summed E-state index contributed by atoms with van der Waals surface area (Å²) < 4.78 is 0. The van der Waals surface area contributed by atoms with Crippen molar-refractivity contribution in [3.63, 3.8) is 0 Å². The summed E-state index contributed by atoms with van der Waals surface area (Å²) in [5.41, 5.74) is 15.6. The lowest BCUT2D eigenvalue weighted by Crippen LogP contribution is -2.22. The standard InChI is InChI=1S/C13H16N4OS/c1-8-12(19-7-16-8)6-17(2)11-4-3-9(14)5-10(11)13(15)18/h3-5,7H,6,14H2,1-2H3,(H2,15,18). The lowest BCUT2D eigenvalue weighted by Gasteiger charge is -2.21. The summed E-state index contributed by atoms with van der Waals surface area (Å²) in [4.78, 5) is 18.8. The molecule has 0 aliphatic carbocycles. The van der Waals surface area contributed by atoms with Crippen molar-refractivity contribution >= 4 is 28.6 Å². The van der Waals surface area contributed by atoms with Crippen molar-refractivity contribution < 1.29 is 4.79 Å². The Labute approximate surface area is 115 Å². The molecule has 0 fully saturated rings. The molecule has 1 heterocycles. The zero-order valence-corrected chi connectivity index (χ0v) is 11.7. The molecule has 0 saturated carbocycles. The van der Waals surface area contributed by atoms with E-state index in [0.717, 1.165) is 16.3 Å². The van der Waals surface area contributed by atoms with Crippen LogP contribution in [0.15, 0.2) is 23.7 Å². The van der Waals surface area contributed by atoms with Gasteiger partial charge in [0.15, 0.2) is 0 Å². The molecule has 0 radical (unpaired) electrons. The molecule has 0 aliphatic rings. The number of nitrogens with zero attached hydrogens (tertiary/aromatic N) is 2. The second kappa shape index (κ2) is 5.27. The molecule has 1 aromatic heterocycles. The molecule has 0 spiro atoms. The van der Waals surface area contributed by atoms with Crippen molar-refractivity contribution in [3.8, 4) is 0 Å². The Hall–Kier alpha value is -2.08. The number of thiazole rings is 1. The van der Waals surface area contributed by atoms with E-state index in [2.05, 4.69) is 4.98 Å². The van der Waals surface area contributed by atoms with Gasteiger partial charge < -0.3 is 16.4 Å². The number of nitrogen functional groups attached to an aromatic ring is 1. The number of aromatic nitrogens is 1. The predicted octanol–water partition coefficient (Wildman–Crippen LogP) is 1.77. The zero-order chi connectivity index (χ0) is 14.0. The summed E-state index contributed by atoms with van der Waals surface area (Å²) in [6.07, 6.45) is 0. The SMILES string of the molecule is Cc1ncsc1CN(C)c1ccc(N)cc1C(N)=O. The highest BCUT2D eigenvalue weighted by Crippen LogP contribution is 2.25. The highest BCUT2D eigenvalue weighted by atomic mass is 32.1. The van der Waals surface area contributed by atoms with Crippen molar-refractivity contribution in [1.82, 2.24) is 4.98 Å².